The number of benzene rings is 1. The maximum Gasteiger partial charge on any atom is 0.224 e. The van der Waals surface area contributed by atoms with Gasteiger partial charge in [0.2, 0.25) is 5.91 Å². The van der Waals surface area contributed by atoms with Gasteiger partial charge in [-0.25, -0.2) is 0 Å². The summed E-state index contributed by atoms with van der Waals surface area (Å²) in [5, 5.41) is 3.06. The van der Waals surface area contributed by atoms with Gasteiger partial charge in [0, 0.05) is 16.6 Å². The molecule has 1 unspecified atom stereocenters. The van der Waals surface area contributed by atoms with Crippen LogP contribution in [0.2, 0.25) is 0 Å². The third kappa shape index (κ3) is 5.74. The lowest BCUT2D eigenvalue weighted by Crippen LogP contribution is -2.52. The minimum absolute atomic E-state index is 0.0240. The summed E-state index contributed by atoms with van der Waals surface area (Å²) in [5.41, 5.74) is 6.48. The second-order valence-electron chi connectivity index (χ2n) is 5.71. The summed E-state index contributed by atoms with van der Waals surface area (Å²) in [6.07, 6.45) is 1.27. The highest BCUT2D eigenvalue weighted by Crippen LogP contribution is 2.16. The summed E-state index contributed by atoms with van der Waals surface area (Å²) in [7, 11) is 0. The van der Waals surface area contributed by atoms with Crippen LogP contribution in [0.3, 0.4) is 0 Å². The summed E-state index contributed by atoms with van der Waals surface area (Å²) in [6.45, 7) is 6.73. The van der Waals surface area contributed by atoms with E-state index in [-0.39, 0.29) is 11.4 Å². The van der Waals surface area contributed by atoms with Crippen molar-refractivity contribution in [2.24, 2.45) is 11.7 Å². The Kier molecular flexibility index (Phi) is 6.01. The zero-order chi connectivity index (χ0) is 14.5. The Balaban J connectivity index is 2.60. The fraction of sp³-hybridized carbons (Fsp3) is 0.533. The molecule has 1 aromatic rings. The van der Waals surface area contributed by atoms with Crippen LogP contribution < -0.4 is 11.1 Å². The molecule has 0 saturated heterocycles. The van der Waals surface area contributed by atoms with E-state index >= 15 is 0 Å². The largest absolute Gasteiger partial charge is 0.349 e. The highest BCUT2D eigenvalue weighted by atomic mass is 79.9. The van der Waals surface area contributed by atoms with Gasteiger partial charge < -0.3 is 11.1 Å². The van der Waals surface area contributed by atoms with Crippen molar-refractivity contribution in [3.63, 3.8) is 0 Å². The first-order valence-corrected chi connectivity index (χ1v) is 7.39. The van der Waals surface area contributed by atoms with Crippen molar-refractivity contribution in [2.75, 3.05) is 6.54 Å². The van der Waals surface area contributed by atoms with Gasteiger partial charge in [-0.1, -0.05) is 41.9 Å². The van der Waals surface area contributed by atoms with Crippen LogP contribution in [0.25, 0.3) is 0 Å². The van der Waals surface area contributed by atoms with E-state index in [0.717, 1.165) is 16.5 Å². The average Bonchev–Trinajstić information content (AvgIpc) is 2.31. The third-order valence-electron chi connectivity index (χ3n) is 3.03. The van der Waals surface area contributed by atoms with Crippen molar-refractivity contribution in [3.05, 3.63) is 34.3 Å². The van der Waals surface area contributed by atoms with E-state index in [1.807, 2.05) is 31.2 Å². The maximum absolute atomic E-state index is 12.1. The number of hydrogen-bond acceptors (Lipinski definition) is 2. The molecule has 0 radical (unpaired) electrons. The lowest BCUT2D eigenvalue weighted by Gasteiger charge is -2.31. The fourth-order valence-corrected chi connectivity index (χ4v) is 2.52. The second kappa shape index (κ2) is 7.06. The number of nitrogens with one attached hydrogen (secondary N) is 1. The predicted octanol–water partition coefficient (Wildman–Crippen LogP) is 2.87. The van der Waals surface area contributed by atoms with Crippen molar-refractivity contribution in [3.8, 4) is 0 Å². The van der Waals surface area contributed by atoms with Crippen molar-refractivity contribution < 1.29 is 4.79 Å². The lowest BCUT2D eigenvalue weighted by atomic mass is 9.90. The Morgan fingerprint density at radius 2 is 1.95 bits per heavy atom. The standard InChI is InChI=1S/C15H23BrN2O/c1-11(2)9-15(3,10-17)18-14(19)8-12-4-6-13(16)7-5-12/h4-7,11H,8-10,17H2,1-3H3,(H,18,19). The van der Waals surface area contributed by atoms with Gasteiger partial charge in [0.25, 0.3) is 0 Å². The molecular weight excluding hydrogens is 304 g/mol. The molecule has 0 aliphatic heterocycles. The number of nitrogens with two attached hydrogens (primary N) is 1. The predicted molar refractivity (Wildman–Crippen MR) is 82.9 cm³/mol. The van der Waals surface area contributed by atoms with Crippen molar-refractivity contribution >= 4 is 21.8 Å². The number of carbonyl (C=O) groups excluding carboxylic acids is 1. The first-order valence-electron chi connectivity index (χ1n) is 6.60. The van der Waals surface area contributed by atoms with E-state index in [0.29, 0.717) is 18.9 Å². The van der Waals surface area contributed by atoms with Crippen LogP contribution in [-0.4, -0.2) is 18.0 Å². The Labute approximate surface area is 124 Å². The monoisotopic (exact) mass is 326 g/mol. The highest BCUT2D eigenvalue weighted by Gasteiger charge is 2.25. The molecule has 3 N–H and O–H groups in total. The van der Waals surface area contributed by atoms with Crippen LogP contribution in [0.5, 0.6) is 0 Å². The molecule has 1 amide bonds. The minimum atomic E-state index is -0.319. The molecule has 0 saturated carbocycles. The quantitative estimate of drug-likeness (QED) is 0.844. The molecule has 0 spiro atoms. The van der Waals surface area contributed by atoms with Crippen molar-refractivity contribution in [1.82, 2.24) is 5.32 Å². The van der Waals surface area contributed by atoms with Gasteiger partial charge in [0.15, 0.2) is 0 Å². The number of amides is 1. The third-order valence-corrected chi connectivity index (χ3v) is 3.56. The first kappa shape index (κ1) is 16.2. The molecule has 1 aromatic carbocycles. The van der Waals surface area contributed by atoms with Crippen LogP contribution in [0.4, 0.5) is 0 Å². The zero-order valence-electron chi connectivity index (χ0n) is 11.9. The van der Waals surface area contributed by atoms with Gasteiger partial charge in [-0.2, -0.15) is 0 Å². The molecule has 0 aliphatic carbocycles. The van der Waals surface area contributed by atoms with Gasteiger partial charge in [-0.05, 0) is 37.0 Å². The Hall–Kier alpha value is -0.870. The second-order valence-corrected chi connectivity index (χ2v) is 6.63. The minimum Gasteiger partial charge on any atom is -0.349 e. The van der Waals surface area contributed by atoms with E-state index < -0.39 is 0 Å². The van der Waals surface area contributed by atoms with E-state index in [9.17, 15) is 4.79 Å². The highest BCUT2D eigenvalue weighted by molar-refractivity contribution is 9.10. The van der Waals surface area contributed by atoms with E-state index in [1.165, 1.54) is 0 Å². The number of halogens is 1. The number of hydrogen-bond donors (Lipinski definition) is 2. The summed E-state index contributed by atoms with van der Waals surface area (Å²) in [5.74, 6) is 0.525. The normalized spacial score (nSPS) is 14.2. The summed E-state index contributed by atoms with van der Waals surface area (Å²) < 4.78 is 1.02. The molecule has 106 valence electrons. The fourth-order valence-electron chi connectivity index (χ4n) is 2.25. The number of carbonyl (C=O) groups is 1. The lowest BCUT2D eigenvalue weighted by molar-refractivity contribution is -0.122. The molecule has 0 bridgehead atoms. The summed E-state index contributed by atoms with van der Waals surface area (Å²) >= 11 is 3.38. The smallest absolute Gasteiger partial charge is 0.224 e. The molecular formula is C15H23BrN2O. The molecule has 1 rings (SSSR count). The van der Waals surface area contributed by atoms with Crippen molar-refractivity contribution in [1.29, 1.82) is 0 Å². The molecule has 4 heteroatoms. The Morgan fingerprint density at radius 3 is 2.42 bits per heavy atom. The van der Waals surface area contributed by atoms with E-state index in [2.05, 4.69) is 35.1 Å². The van der Waals surface area contributed by atoms with Crippen LogP contribution >= 0.6 is 15.9 Å². The Morgan fingerprint density at radius 1 is 1.37 bits per heavy atom. The van der Waals surface area contributed by atoms with E-state index in [4.69, 9.17) is 5.73 Å². The molecule has 0 aliphatic rings. The maximum atomic E-state index is 12.1. The van der Waals surface area contributed by atoms with Gasteiger partial charge in [0.05, 0.1) is 6.42 Å². The van der Waals surface area contributed by atoms with Gasteiger partial charge in [-0.15, -0.1) is 0 Å². The van der Waals surface area contributed by atoms with Crippen LogP contribution in [0.15, 0.2) is 28.7 Å². The van der Waals surface area contributed by atoms with Crippen LogP contribution in [-0.2, 0) is 11.2 Å². The summed E-state index contributed by atoms with van der Waals surface area (Å²) in [4.78, 5) is 12.1. The molecule has 0 fully saturated rings. The average molecular weight is 327 g/mol. The Bertz CT molecular complexity index is 417. The summed E-state index contributed by atoms with van der Waals surface area (Å²) in [6, 6.07) is 7.79. The molecule has 1 atom stereocenters. The van der Waals surface area contributed by atoms with Gasteiger partial charge in [0.1, 0.15) is 0 Å². The van der Waals surface area contributed by atoms with E-state index in [1.54, 1.807) is 0 Å². The molecule has 0 heterocycles. The van der Waals surface area contributed by atoms with Crippen LogP contribution in [0, 0.1) is 5.92 Å². The zero-order valence-corrected chi connectivity index (χ0v) is 13.5. The van der Waals surface area contributed by atoms with Gasteiger partial charge >= 0.3 is 0 Å². The number of rotatable bonds is 6. The van der Waals surface area contributed by atoms with Crippen LogP contribution in [0.1, 0.15) is 32.8 Å². The van der Waals surface area contributed by atoms with Gasteiger partial charge in [-0.3, -0.25) is 4.79 Å². The molecule has 19 heavy (non-hydrogen) atoms. The van der Waals surface area contributed by atoms with Crippen molar-refractivity contribution in [2.45, 2.75) is 39.2 Å². The topological polar surface area (TPSA) is 55.1 Å². The molecule has 3 nitrogen and oxygen atoms in total. The first-order chi connectivity index (χ1) is 8.84. The molecule has 0 aromatic heterocycles. The SMILES string of the molecule is CC(C)CC(C)(CN)NC(=O)Cc1ccc(Br)cc1.